The van der Waals surface area contributed by atoms with Gasteiger partial charge >= 0.3 is 5.97 Å². The van der Waals surface area contributed by atoms with Gasteiger partial charge in [0, 0.05) is 0 Å². The van der Waals surface area contributed by atoms with Crippen molar-refractivity contribution in [2.24, 2.45) is 0 Å². The van der Waals surface area contributed by atoms with Crippen molar-refractivity contribution in [1.29, 1.82) is 0 Å². The lowest BCUT2D eigenvalue weighted by Crippen LogP contribution is -2.55. The van der Waals surface area contributed by atoms with Crippen LogP contribution >= 0.6 is 0 Å². The van der Waals surface area contributed by atoms with E-state index in [9.17, 15) is 15.0 Å². The van der Waals surface area contributed by atoms with E-state index in [0.717, 1.165) is 0 Å². The molecule has 1 aromatic carbocycles. The molecule has 2 fully saturated rings. The highest BCUT2D eigenvalue weighted by Crippen LogP contribution is 2.30. The second kappa shape index (κ2) is 4.90. The Kier molecular flexibility index (Phi) is 3.24. The van der Waals surface area contributed by atoms with Gasteiger partial charge in [-0.3, -0.25) is 0 Å². The Labute approximate surface area is 109 Å². The number of ether oxygens (including phenoxy) is 3. The van der Waals surface area contributed by atoms with Crippen LogP contribution in [0.1, 0.15) is 10.4 Å². The fourth-order valence-corrected chi connectivity index (χ4v) is 2.26. The first kappa shape index (κ1) is 12.6. The number of esters is 1. The van der Waals surface area contributed by atoms with Crippen LogP contribution in [0, 0.1) is 0 Å². The third kappa shape index (κ3) is 2.23. The average molecular weight is 266 g/mol. The second-order valence-electron chi connectivity index (χ2n) is 4.59. The minimum atomic E-state index is -1.21. The van der Waals surface area contributed by atoms with Crippen LogP contribution in [0.25, 0.3) is 0 Å². The van der Waals surface area contributed by atoms with E-state index in [2.05, 4.69) is 0 Å². The Morgan fingerprint density at radius 3 is 2.68 bits per heavy atom. The molecule has 2 saturated heterocycles. The third-order valence-electron chi connectivity index (χ3n) is 3.32. The fourth-order valence-electron chi connectivity index (χ4n) is 2.26. The molecule has 0 aromatic heterocycles. The highest BCUT2D eigenvalue weighted by molar-refractivity contribution is 5.89. The minimum Gasteiger partial charge on any atom is -0.450 e. The maximum atomic E-state index is 11.9. The van der Waals surface area contributed by atoms with Crippen molar-refractivity contribution in [3.8, 4) is 0 Å². The van der Waals surface area contributed by atoms with E-state index in [1.807, 2.05) is 0 Å². The molecular formula is C13H14O6. The van der Waals surface area contributed by atoms with Crippen LogP contribution in [0.15, 0.2) is 30.3 Å². The van der Waals surface area contributed by atoms with Gasteiger partial charge in [-0.1, -0.05) is 18.2 Å². The van der Waals surface area contributed by atoms with Crippen LogP contribution < -0.4 is 0 Å². The summed E-state index contributed by atoms with van der Waals surface area (Å²) in [5.41, 5.74) is 0.365. The first-order valence-corrected chi connectivity index (χ1v) is 6.06. The topological polar surface area (TPSA) is 85.2 Å². The molecule has 0 amide bonds. The Bertz CT molecular complexity index is 461. The fraction of sp³-hybridized carbons (Fsp3) is 0.462. The second-order valence-corrected chi connectivity index (χ2v) is 4.59. The molecule has 6 nitrogen and oxygen atoms in total. The average Bonchev–Trinajstić information content (AvgIpc) is 2.89. The van der Waals surface area contributed by atoms with E-state index in [1.165, 1.54) is 0 Å². The van der Waals surface area contributed by atoms with Crippen LogP contribution in [-0.4, -0.2) is 53.5 Å². The molecule has 19 heavy (non-hydrogen) atoms. The highest BCUT2D eigenvalue weighted by Gasteiger charge is 2.51. The number of rotatable bonds is 2. The molecule has 102 valence electrons. The number of fused-ring (bicyclic) bond motifs is 2. The van der Waals surface area contributed by atoms with Crippen molar-refractivity contribution in [2.45, 2.75) is 30.7 Å². The number of carbonyl (C=O) groups is 1. The highest BCUT2D eigenvalue weighted by atomic mass is 16.8. The number of benzene rings is 1. The molecule has 1 aromatic rings. The largest absolute Gasteiger partial charge is 0.450 e. The van der Waals surface area contributed by atoms with Crippen molar-refractivity contribution in [1.82, 2.24) is 0 Å². The van der Waals surface area contributed by atoms with E-state index >= 15 is 0 Å². The summed E-state index contributed by atoms with van der Waals surface area (Å²) in [4.78, 5) is 11.9. The van der Waals surface area contributed by atoms with Crippen LogP contribution in [0.5, 0.6) is 0 Å². The molecule has 0 aliphatic carbocycles. The molecule has 2 bridgehead atoms. The van der Waals surface area contributed by atoms with Crippen LogP contribution in [-0.2, 0) is 14.2 Å². The van der Waals surface area contributed by atoms with E-state index in [0.29, 0.717) is 5.56 Å². The molecule has 2 aliphatic rings. The van der Waals surface area contributed by atoms with Gasteiger partial charge in [-0.2, -0.15) is 0 Å². The first-order chi connectivity index (χ1) is 9.16. The maximum Gasteiger partial charge on any atom is 0.338 e. The van der Waals surface area contributed by atoms with Gasteiger partial charge in [0.05, 0.1) is 12.2 Å². The van der Waals surface area contributed by atoms with Crippen molar-refractivity contribution < 1.29 is 29.2 Å². The molecule has 3 rings (SSSR count). The number of hydrogen-bond donors (Lipinski definition) is 2. The normalized spacial score (nSPS) is 37.1. The lowest BCUT2D eigenvalue weighted by Gasteiger charge is -2.34. The molecule has 6 heteroatoms. The zero-order valence-corrected chi connectivity index (χ0v) is 10.0. The van der Waals surface area contributed by atoms with Gasteiger partial charge in [0.1, 0.15) is 18.3 Å². The van der Waals surface area contributed by atoms with E-state index in [4.69, 9.17) is 14.2 Å². The summed E-state index contributed by atoms with van der Waals surface area (Å²) in [5, 5.41) is 19.7. The lowest BCUT2D eigenvalue weighted by molar-refractivity contribution is -0.228. The summed E-state index contributed by atoms with van der Waals surface area (Å²) >= 11 is 0. The van der Waals surface area contributed by atoms with Gasteiger partial charge in [0.2, 0.25) is 0 Å². The molecule has 0 saturated carbocycles. The van der Waals surface area contributed by atoms with Crippen molar-refractivity contribution in [3.05, 3.63) is 35.9 Å². The molecule has 2 aliphatic heterocycles. The molecule has 2 heterocycles. The van der Waals surface area contributed by atoms with Gasteiger partial charge in [0.15, 0.2) is 12.4 Å². The van der Waals surface area contributed by atoms with Gasteiger partial charge in [-0.25, -0.2) is 4.79 Å². The number of aliphatic hydroxyl groups excluding tert-OH is 2. The third-order valence-corrected chi connectivity index (χ3v) is 3.32. The Morgan fingerprint density at radius 1 is 1.21 bits per heavy atom. The van der Waals surface area contributed by atoms with Gasteiger partial charge in [0.25, 0.3) is 0 Å². The molecule has 0 radical (unpaired) electrons. The molecule has 2 N–H and O–H groups in total. The first-order valence-electron chi connectivity index (χ1n) is 6.06. The summed E-state index contributed by atoms with van der Waals surface area (Å²) < 4.78 is 15.8. The summed E-state index contributed by atoms with van der Waals surface area (Å²) in [6, 6.07) is 8.41. The minimum absolute atomic E-state index is 0.183. The number of hydrogen-bond acceptors (Lipinski definition) is 6. The molecule has 0 spiro atoms. The molecule has 5 atom stereocenters. The van der Waals surface area contributed by atoms with Crippen LogP contribution in [0.3, 0.4) is 0 Å². The Morgan fingerprint density at radius 2 is 1.95 bits per heavy atom. The SMILES string of the molecule is O=C(O[C@H]1[C@@H]2OC[C@@H](O2)[C@H](O)[C@H]1O)c1ccccc1. The summed E-state index contributed by atoms with van der Waals surface area (Å²) in [6.45, 7) is 0.183. The van der Waals surface area contributed by atoms with Crippen LogP contribution in [0.4, 0.5) is 0 Å². The van der Waals surface area contributed by atoms with E-state index in [1.54, 1.807) is 30.3 Å². The van der Waals surface area contributed by atoms with Crippen molar-refractivity contribution >= 4 is 5.97 Å². The maximum absolute atomic E-state index is 11.9. The molecular weight excluding hydrogens is 252 g/mol. The monoisotopic (exact) mass is 266 g/mol. The lowest BCUT2D eigenvalue weighted by atomic mass is 10.0. The Balaban J connectivity index is 1.74. The van der Waals surface area contributed by atoms with E-state index < -0.39 is 36.7 Å². The van der Waals surface area contributed by atoms with Gasteiger partial charge < -0.3 is 24.4 Å². The summed E-state index contributed by atoms with van der Waals surface area (Å²) in [6.07, 6.45) is -4.74. The smallest absolute Gasteiger partial charge is 0.338 e. The van der Waals surface area contributed by atoms with Gasteiger partial charge in [-0.05, 0) is 12.1 Å². The standard InChI is InChI=1S/C13H14O6/c14-9-8-6-17-13(18-8)11(10(9)15)19-12(16)7-4-2-1-3-5-7/h1-5,8-11,13-15H,6H2/t8-,9+,10-,11-,13-/m1/s1. The predicted molar refractivity (Wildman–Crippen MR) is 62.3 cm³/mol. The van der Waals surface area contributed by atoms with Crippen LogP contribution in [0.2, 0.25) is 0 Å². The zero-order chi connectivity index (χ0) is 13.4. The quantitative estimate of drug-likeness (QED) is 0.714. The number of carbonyl (C=O) groups excluding carboxylic acids is 1. The van der Waals surface area contributed by atoms with Crippen molar-refractivity contribution in [3.63, 3.8) is 0 Å². The molecule has 0 unspecified atom stereocenters. The van der Waals surface area contributed by atoms with Crippen molar-refractivity contribution in [2.75, 3.05) is 6.61 Å². The zero-order valence-electron chi connectivity index (χ0n) is 10.0. The number of aliphatic hydroxyl groups is 2. The summed E-state index contributed by atoms with van der Waals surface area (Å²) in [5.74, 6) is -0.589. The summed E-state index contributed by atoms with van der Waals surface area (Å²) in [7, 11) is 0. The predicted octanol–water partition coefficient (Wildman–Crippen LogP) is -0.311. The Hall–Kier alpha value is -1.47. The van der Waals surface area contributed by atoms with Gasteiger partial charge in [-0.15, -0.1) is 0 Å². The van der Waals surface area contributed by atoms with E-state index in [-0.39, 0.29) is 6.61 Å².